The second-order valence-electron chi connectivity index (χ2n) is 5.63. The molecule has 3 aliphatic heterocycles. The van der Waals surface area contributed by atoms with Crippen LogP contribution in [0, 0.1) is 0 Å². The largest absolute Gasteiger partial charge is 0.367 e. The van der Waals surface area contributed by atoms with E-state index in [9.17, 15) is 4.79 Å². The van der Waals surface area contributed by atoms with Gasteiger partial charge in [-0.3, -0.25) is 4.79 Å². The molecule has 3 heteroatoms. The summed E-state index contributed by atoms with van der Waals surface area (Å²) in [7, 11) is 0. The number of anilines is 1. The molecule has 3 aliphatic rings. The van der Waals surface area contributed by atoms with Gasteiger partial charge in [-0.05, 0) is 31.0 Å². The Hall–Kier alpha value is -1.35. The minimum Gasteiger partial charge on any atom is -0.367 e. The topological polar surface area (TPSA) is 32.3 Å². The average molecular weight is 242 g/mol. The first-order valence-corrected chi connectivity index (χ1v) is 7.00. The first-order chi connectivity index (χ1) is 8.86. The number of nitrogens with zero attached hydrogens (tertiary/aromatic N) is 1. The molecule has 4 rings (SSSR count). The second-order valence-corrected chi connectivity index (χ2v) is 5.63. The van der Waals surface area contributed by atoms with E-state index in [1.54, 1.807) is 0 Å². The van der Waals surface area contributed by atoms with E-state index < -0.39 is 0 Å². The molecule has 0 unspecified atom stereocenters. The Morgan fingerprint density at radius 2 is 2.28 bits per heavy atom. The fourth-order valence-corrected chi connectivity index (χ4v) is 3.93. The number of carbonyl (C=O) groups is 1. The van der Waals surface area contributed by atoms with E-state index in [1.807, 2.05) is 6.07 Å². The van der Waals surface area contributed by atoms with Crippen LogP contribution in [0.15, 0.2) is 18.2 Å². The lowest BCUT2D eigenvalue weighted by Crippen LogP contribution is -2.44. The molecule has 94 valence electrons. The van der Waals surface area contributed by atoms with Crippen molar-refractivity contribution >= 4 is 11.5 Å². The number of fused-ring (bicyclic) bond motifs is 3. The third kappa shape index (κ3) is 1.31. The summed E-state index contributed by atoms with van der Waals surface area (Å²) < 4.78 is 0. The summed E-state index contributed by atoms with van der Waals surface area (Å²) in [6.07, 6.45) is 2.92. The van der Waals surface area contributed by atoms with Crippen molar-refractivity contribution in [3.8, 4) is 0 Å². The number of rotatable bonds is 0. The van der Waals surface area contributed by atoms with Gasteiger partial charge in [-0.25, -0.2) is 0 Å². The second kappa shape index (κ2) is 3.82. The predicted molar refractivity (Wildman–Crippen MR) is 71.4 cm³/mol. The Kier molecular flexibility index (Phi) is 2.24. The summed E-state index contributed by atoms with van der Waals surface area (Å²) in [5.41, 5.74) is 3.64. The third-order valence-corrected chi connectivity index (χ3v) is 4.70. The molecule has 0 radical (unpaired) electrons. The Morgan fingerprint density at radius 1 is 1.33 bits per heavy atom. The first-order valence-electron chi connectivity index (χ1n) is 7.00. The molecule has 18 heavy (non-hydrogen) atoms. The van der Waals surface area contributed by atoms with Crippen LogP contribution < -0.4 is 10.2 Å². The van der Waals surface area contributed by atoms with Crippen LogP contribution in [0.3, 0.4) is 0 Å². The zero-order valence-corrected chi connectivity index (χ0v) is 10.5. The van der Waals surface area contributed by atoms with E-state index in [2.05, 4.69) is 22.3 Å². The van der Waals surface area contributed by atoms with Crippen LogP contribution in [-0.4, -0.2) is 31.5 Å². The zero-order valence-electron chi connectivity index (χ0n) is 10.5. The van der Waals surface area contributed by atoms with Crippen LogP contribution in [0.4, 0.5) is 5.69 Å². The number of hydrogen-bond acceptors (Lipinski definition) is 3. The highest BCUT2D eigenvalue weighted by atomic mass is 16.1. The summed E-state index contributed by atoms with van der Waals surface area (Å²) in [6, 6.07) is 6.92. The summed E-state index contributed by atoms with van der Waals surface area (Å²) in [5, 5.41) is 3.50. The van der Waals surface area contributed by atoms with Crippen molar-refractivity contribution in [2.45, 2.75) is 31.2 Å². The van der Waals surface area contributed by atoms with E-state index in [1.165, 1.54) is 17.7 Å². The third-order valence-electron chi connectivity index (χ3n) is 4.70. The van der Waals surface area contributed by atoms with Crippen molar-refractivity contribution in [1.82, 2.24) is 5.32 Å². The normalized spacial score (nSPS) is 29.8. The average Bonchev–Trinajstić information content (AvgIpc) is 2.63. The number of benzene rings is 1. The van der Waals surface area contributed by atoms with Gasteiger partial charge in [0, 0.05) is 37.0 Å². The molecule has 0 amide bonds. The number of carbonyl (C=O) groups excluding carboxylic acids is 1. The molecule has 1 N–H and O–H groups in total. The Labute approximate surface area is 107 Å². The maximum atomic E-state index is 12.2. The molecule has 3 nitrogen and oxygen atoms in total. The molecule has 3 heterocycles. The smallest absolute Gasteiger partial charge is 0.165 e. The lowest BCUT2D eigenvalue weighted by molar-refractivity contribution is 0.0983. The van der Waals surface area contributed by atoms with E-state index in [0.717, 1.165) is 31.6 Å². The summed E-state index contributed by atoms with van der Waals surface area (Å²) >= 11 is 0. The molecule has 1 saturated heterocycles. The van der Waals surface area contributed by atoms with Gasteiger partial charge in [0.05, 0.1) is 5.69 Å². The Bertz CT molecular complexity index is 511. The van der Waals surface area contributed by atoms with Gasteiger partial charge in [-0.1, -0.05) is 12.1 Å². The number of Topliss-reactive ketones (excluding diaryl/α,β-unsaturated/α-hetero) is 1. The van der Waals surface area contributed by atoms with Crippen LogP contribution in [0.2, 0.25) is 0 Å². The summed E-state index contributed by atoms with van der Waals surface area (Å²) in [4.78, 5) is 14.7. The predicted octanol–water partition coefficient (Wildman–Crippen LogP) is 1.93. The molecular formula is C15H18N2O. The maximum Gasteiger partial charge on any atom is 0.165 e. The zero-order chi connectivity index (χ0) is 12.1. The lowest BCUT2D eigenvalue weighted by atomic mass is 9.89. The number of piperidine rings is 1. The van der Waals surface area contributed by atoms with Gasteiger partial charge in [0.1, 0.15) is 0 Å². The van der Waals surface area contributed by atoms with E-state index >= 15 is 0 Å². The van der Waals surface area contributed by atoms with Gasteiger partial charge in [-0.2, -0.15) is 0 Å². The van der Waals surface area contributed by atoms with Crippen LogP contribution in [-0.2, 0) is 0 Å². The number of ketones is 1. The standard InChI is InChI=1S/C15H18N2O/c18-14-5-2-8-17-13-6-7-16-9-12(13)10-3-1-4-11(14)15(10)17/h1,3-4,12-13,16H,2,5-9H2/t12-,13-/m1/s1. The quantitative estimate of drug-likeness (QED) is 0.754. The lowest BCUT2D eigenvalue weighted by Gasteiger charge is -2.33. The van der Waals surface area contributed by atoms with Crippen molar-refractivity contribution in [3.63, 3.8) is 0 Å². The van der Waals surface area contributed by atoms with E-state index in [4.69, 9.17) is 0 Å². The van der Waals surface area contributed by atoms with Gasteiger partial charge in [0.25, 0.3) is 0 Å². The SMILES string of the molecule is O=C1CCCN2c3c1cccc3[C@H]1CNCC[C@H]12. The Morgan fingerprint density at radius 3 is 3.22 bits per heavy atom. The van der Waals surface area contributed by atoms with Gasteiger partial charge in [-0.15, -0.1) is 0 Å². The fourth-order valence-electron chi connectivity index (χ4n) is 3.93. The van der Waals surface area contributed by atoms with Gasteiger partial charge in [0.15, 0.2) is 5.78 Å². The molecule has 2 atom stereocenters. The number of hydrogen-bond donors (Lipinski definition) is 1. The fraction of sp³-hybridized carbons (Fsp3) is 0.533. The molecule has 1 fully saturated rings. The van der Waals surface area contributed by atoms with Gasteiger partial charge >= 0.3 is 0 Å². The minimum atomic E-state index is 0.334. The van der Waals surface area contributed by atoms with Gasteiger partial charge < -0.3 is 10.2 Å². The van der Waals surface area contributed by atoms with Crippen molar-refractivity contribution < 1.29 is 4.79 Å². The molecule has 0 aliphatic carbocycles. The number of para-hydroxylation sites is 1. The molecule has 0 saturated carbocycles. The molecule has 1 aromatic rings. The highest BCUT2D eigenvalue weighted by Crippen LogP contribution is 2.46. The highest BCUT2D eigenvalue weighted by molar-refractivity contribution is 6.03. The van der Waals surface area contributed by atoms with Crippen molar-refractivity contribution in [3.05, 3.63) is 29.3 Å². The van der Waals surface area contributed by atoms with Gasteiger partial charge in [0.2, 0.25) is 0 Å². The summed E-state index contributed by atoms with van der Waals surface area (Å²) in [6.45, 7) is 3.22. The van der Waals surface area contributed by atoms with Crippen molar-refractivity contribution in [2.75, 3.05) is 24.5 Å². The summed E-state index contributed by atoms with van der Waals surface area (Å²) in [5.74, 6) is 0.917. The van der Waals surface area contributed by atoms with E-state index in [0.29, 0.717) is 24.2 Å². The van der Waals surface area contributed by atoms with Crippen LogP contribution >= 0.6 is 0 Å². The first kappa shape index (κ1) is 10.6. The maximum absolute atomic E-state index is 12.2. The molecule has 1 aromatic carbocycles. The minimum absolute atomic E-state index is 0.334. The highest BCUT2D eigenvalue weighted by Gasteiger charge is 2.42. The van der Waals surface area contributed by atoms with Crippen molar-refractivity contribution in [2.24, 2.45) is 0 Å². The monoisotopic (exact) mass is 242 g/mol. The molecular weight excluding hydrogens is 224 g/mol. The van der Waals surface area contributed by atoms with Crippen LogP contribution in [0.1, 0.15) is 41.1 Å². The number of nitrogens with one attached hydrogen (secondary N) is 1. The van der Waals surface area contributed by atoms with E-state index in [-0.39, 0.29) is 0 Å². The molecule has 0 aromatic heterocycles. The van der Waals surface area contributed by atoms with Crippen LogP contribution in [0.25, 0.3) is 0 Å². The van der Waals surface area contributed by atoms with Crippen LogP contribution in [0.5, 0.6) is 0 Å². The Balaban J connectivity index is 1.91. The van der Waals surface area contributed by atoms with Crippen molar-refractivity contribution in [1.29, 1.82) is 0 Å². The molecule has 0 bridgehead atoms. The molecule has 0 spiro atoms.